The van der Waals surface area contributed by atoms with Gasteiger partial charge in [-0.15, -0.1) is 0 Å². The van der Waals surface area contributed by atoms with Gasteiger partial charge < -0.3 is 10.6 Å². The molecule has 1 aliphatic carbocycles. The Hall–Kier alpha value is -0.570. The SMILES string of the molecule is O=C(CC1CCCCN1)NCC1CCCC1. The molecule has 1 heterocycles. The van der Waals surface area contributed by atoms with Crippen LogP contribution in [-0.4, -0.2) is 25.0 Å². The molecule has 0 spiro atoms. The second-order valence-electron chi connectivity index (χ2n) is 5.31. The molecule has 1 unspecified atom stereocenters. The molecule has 3 heteroatoms. The van der Waals surface area contributed by atoms with Gasteiger partial charge in [0.2, 0.25) is 5.91 Å². The molecular weight excluding hydrogens is 200 g/mol. The predicted molar refractivity (Wildman–Crippen MR) is 65.2 cm³/mol. The van der Waals surface area contributed by atoms with E-state index in [2.05, 4.69) is 10.6 Å². The second-order valence-corrected chi connectivity index (χ2v) is 5.31. The Balaban J connectivity index is 1.59. The number of hydrogen-bond donors (Lipinski definition) is 2. The molecule has 2 rings (SSSR count). The lowest BCUT2D eigenvalue weighted by atomic mass is 10.0. The number of piperidine rings is 1. The lowest BCUT2D eigenvalue weighted by Crippen LogP contribution is -2.39. The molecule has 1 aliphatic heterocycles. The Labute approximate surface area is 98.4 Å². The van der Waals surface area contributed by atoms with E-state index in [0.29, 0.717) is 12.5 Å². The van der Waals surface area contributed by atoms with Crippen molar-refractivity contribution in [3.05, 3.63) is 0 Å². The maximum Gasteiger partial charge on any atom is 0.221 e. The minimum atomic E-state index is 0.242. The van der Waals surface area contributed by atoms with Crippen LogP contribution in [0.3, 0.4) is 0 Å². The van der Waals surface area contributed by atoms with Crippen molar-refractivity contribution < 1.29 is 4.79 Å². The molecule has 2 N–H and O–H groups in total. The van der Waals surface area contributed by atoms with E-state index in [-0.39, 0.29) is 5.91 Å². The van der Waals surface area contributed by atoms with Crippen LogP contribution >= 0.6 is 0 Å². The quantitative estimate of drug-likeness (QED) is 0.765. The minimum absolute atomic E-state index is 0.242. The van der Waals surface area contributed by atoms with E-state index in [4.69, 9.17) is 0 Å². The first kappa shape index (κ1) is 11.9. The summed E-state index contributed by atoms with van der Waals surface area (Å²) in [4.78, 5) is 11.7. The molecule has 2 fully saturated rings. The van der Waals surface area contributed by atoms with Gasteiger partial charge in [-0.2, -0.15) is 0 Å². The molecule has 1 atom stereocenters. The van der Waals surface area contributed by atoms with E-state index < -0.39 is 0 Å². The largest absolute Gasteiger partial charge is 0.356 e. The molecule has 1 saturated carbocycles. The highest BCUT2D eigenvalue weighted by molar-refractivity contribution is 5.76. The summed E-state index contributed by atoms with van der Waals surface area (Å²) in [6.07, 6.45) is 9.69. The normalized spacial score (nSPS) is 26.9. The van der Waals surface area contributed by atoms with Crippen molar-refractivity contribution in [3.8, 4) is 0 Å². The van der Waals surface area contributed by atoms with Crippen LogP contribution in [0, 0.1) is 5.92 Å². The number of carbonyl (C=O) groups excluding carboxylic acids is 1. The number of carbonyl (C=O) groups is 1. The lowest BCUT2D eigenvalue weighted by molar-refractivity contribution is -0.121. The van der Waals surface area contributed by atoms with Crippen molar-refractivity contribution in [1.29, 1.82) is 0 Å². The first-order valence-electron chi connectivity index (χ1n) is 6.84. The van der Waals surface area contributed by atoms with Gasteiger partial charge in [-0.25, -0.2) is 0 Å². The van der Waals surface area contributed by atoms with Crippen LogP contribution in [0.15, 0.2) is 0 Å². The Morgan fingerprint density at radius 2 is 1.88 bits per heavy atom. The fourth-order valence-electron chi connectivity index (χ4n) is 2.87. The summed E-state index contributed by atoms with van der Waals surface area (Å²) in [6, 6.07) is 0.428. The van der Waals surface area contributed by atoms with Crippen LogP contribution in [0.1, 0.15) is 51.4 Å². The van der Waals surface area contributed by atoms with E-state index in [1.807, 2.05) is 0 Å². The van der Waals surface area contributed by atoms with Gasteiger partial charge in [0.1, 0.15) is 0 Å². The smallest absolute Gasteiger partial charge is 0.221 e. The fraction of sp³-hybridized carbons (Fsp3) is 0.923. The van der Waals surface area contributed by atoms with Crippen LogP contribution in [0.25, 0.3) is 0 Å². The summed E-state index contributed by atoms with van der Waals surface area (Å²) < 4.78 is 0. The van der Waals surface area contributed by atoms with Crippen LogP contribution in [-0.2, 0) is 4.79 Å². The third kappa shape index (κ3) is 3.78. The predicted octanol–water partition coefficient (Wildman–Crippen LogP) is 1.82. The van der Waals surface area contributed by atoms with Gasteiger partial charge in [-0.3, -0.25) is 4.79 Å². The van der Waals surface area contributed by atoms with E-state index in [1.54, 1.807) is 0 Å². The second kappa shape index (κ2) is 6.24. The van der Waals surface area contributed by atoms with Gasteiger partial charge in [-0.1, -0.05) is 19.3 Å². The zero-order chi connectivity index (χ0) is 11.2. The van der Waals surface area contributed by atoms with Gasteiger partial charge in [0, 0.05) is 19.0 Å². The molecule has 0 aromatic heterocycles. The van der Waals surface area contributed by atoms with E-state index >= 15 is 0 Å². The molecule has 0 bridgehead atoms. The van der Waals surface area contributed by atoms with Gasteiger partial charge in [-0.05, 0) is 38.1 Å². The molecule has 3 nitrogen and oxygen atoms in total. The number of amides is 1. The van der Waals surface area contributed by atoms with Crippen molar-refractivity contribution in [2.75, 3.05) is 13.1 Å². The minimum Gasteiger partial charge on any atom is -0.356 e. The number of rotatable bonds is 4. The van der Waals surface area contributed by atoms with Crippen LogP contribution in [0.5, 0.6) is 0 Å². The van der Waals surface area contributed by atoms with Crippen molar-refractivity contribution in [1.82, 2.24) is 10.6 Å². The van der Waals surface area contributed by atoms with Gasteiger partial charge in [0.05, 0.1) is 0 Å². The van der Waals surface area contributed by atoms with Crippen LogP contribution in [0.4, 0.5) is 0 Å². The zero-order valence-corrected chi connectivity index (χ0v) is 10.1. The summed E-state index contributed by atoms with van der Waals surface area (Å²) in [5.74, 6) is 0.995. The van der Waals surface area contributed by atoms with Gasteiger partial charge in [0.15, 0.2) is 0 Å². The van der Waals surface area contributed by atoms with Crippen molar-refractivity contribution in [2.45, 2.75) is 57.4 Å². The van der Waals surface area contributed by atoms with Crippen molar-refractivity contribution in [2.24, 2.45) is 5.92 Å². The molecular formula is C13H24N2O. The Morgan fingerprint density at radius 3 is 2.56 bits per heavy atom. The summed E-state index contributed by atoms with van der Waals surface area (Å²) in [6.45, 7) is 1.99. The molecule has 0 aromatic carbocycles. The Morgan fingerprint density at radius 1 is 1.12 bits per heavy atom. The highest BCUT2D eigenvalue weighted by Gasteiger charge is 2.18. The van der Waals surface area contributed by atoms with Gasteiger partial charge in [0.25, 0.3) is 0 Å². The van der Waals surface area contributed by atoms with Crippen molar-refractivity contribution in [3.63, 3.8) is 0 Å². The third-order valence-corrected chi connectivity index (χ3v) is 3.91. The molecule has 16 heavy (non-hydrogen) atoms. The molecule has 1 saturated heterocycles. The molecule has 1 amide bonds. The Bertz CT molecular complexity index is 218. The number of nitrogens with one attached hydrogen (secondary N) is 2. The first-order chi connectivity index (χ1) is 7.84. The van der Waals surface area contributed by atoms with E-state index in [1.165, 1.54) is 38.5 Å². The monoisotopic (exact) mass is 224 g/mol. The topological polar surface area (TPSA) is 41.1 Å². The highest BCUT2D eigenvalue weighted by Crippen LogP contribution is 2.23. The highest BCUT2D eigenvalue weighted by atomic mass is 16.1. The molecule has 92 valence electrons. The fourth-order valence-corrected chi connectivity index (χ4v) is 2.87. The standard InChI is InChI=1S/C13H24N2O/c16-13(9-12-7-3-4-8-14-12)15-10-11-5-1-2-6-11/h11-12,14H,1-10H2,(H,15,16). The maximum atomic E-state index is 11.7. The first-order valence-corrected chi connectivity index (χ1v) is 6.84. The summed E-state index contributed by atoms with van der Waals surface area (Å²) in [5.41, 5.74) is 0. The molecule has 0 radical (unpaired) electrons. The average molecular weight is 224 g/mol. The van der Waals surface area contributed by atoms with E-state index in [9.17, 15) is 4.79 Å². The summed E-state index contributed by atoms with van der Waals surface area (Å²) in [7, 11) is 0. The third-order valence-electron chi connectivity index (χ3n) is 3.91. The molecule has 0 aromatic rings. The van der Waals surface area contributed by atoms with Gasteiger partial charge >= 0.3 is 0 Å². The zero-order valence-electron chi connectivity index (χ0n) is 10.1. The Kier molecular flexibility index (Phi) is 4.64. The average Bonchev–Trinajstić information content (AvgIpc) is 2.81. The van der Waals surface area contributed by atoms with E-state index in [0.717, 1.165) is 25.4 Å². The van der Waals surface area contributed by atoms with Crippen LogP contribution < -0.4 is 10.6 Å². The summed E-state index contributed by atoms with van der Waals surface area (Å²) in [5, 5.41) is 6.51. The molecule has 2 aliphatic rings. The summed E-state index contributed by atoms with van der Waals surface area (Å²) >= 11 is 0. The van der Waals surface area contributed by atoms with Crippen molar-refractivity contribution >= 4 is 5.91 Å². The van der Waals surface area contributed by atoms with Crippen LogP contribution in [0.2, 0.25) is 0 Å². The number of hydrogen-bond acceptors (Lipinski definition) is 2. The maximum absolute atomic E-state index is 11.7. The lowest BCUT2D eigenvalue weighted by Gasteiger charge is -2.23.